The summed E-state index contributed by atoms with van der Waals surface area (Å²) in [6, 6.07) is 20.2. The molecule has 3 aromatic carbocycles. The van der Waals surface area contributed by atoms with E-state index in [1.54, 1.807) is 55.5 Å². The molecule has 1 unspecified atom stereocenters. The van der Waals surface area contributed by atoms with Crippen LogP contribution in [0.5, 0.6) is 5.75 Å². The van der Waals surface area contributed by atoms with Crippen molar-refractivity contribution in [2.45, 2.75) is 13.0 Å². The van der Waals surface area contributed by atoms with E-state index in [0.29, 0.717) is 28.1 Å². The molecule has 0 bridgehead atoms. The fourth-order valence-electron chi connectivity index (χ4n) is 2.58. The van der Waals surface area contributed by atoms with Crippen LogP contribution in [0.4, 0.5) is 10.1 Å². The summed E-state index contributed by atoms with van der Waals surface area (Å²) < 4.78 is 18.6. The minimum atomic E-state index is -0.774. The molecular weight excluding hydrogens is 371 g/mol. The first-order chi connectivity index (χ1) is 14.0. The minimum absolute atomic E-state index is 0.233. The van der Waals surface area contributed by atoms with Gasteiger partial charge in [-0.05, 0) is 79.7 Å². The molecule has 29 heavy (non-hydrogen) atoms. The number of nitrogens with one attached hydrogen (secondary N) is 1. The molecule has 0 radical (unpaired) electrons. The highest BCUT2D eigenvalue weighted by Gasteiger charge is 2.16. The fraction of sp³-hybridized carbons (Fsp3) is 0.0870. The Morgan fingerprint density at radius 1 is 0.931 bits per heavy atom. The molecule has 1 amide bonds. The number of ketones is 1. The van der Waals surface area contributed by atoms with E-state index in [1.165, 1.54) is 24.3 Å². The Kier molecular flexibility index (Phi) is 6.00. The van der Waals surface area contributed by atoms with Gasteiger partial charge >= 0.3 is 0 Å². The van der Waals surface area contributed by atoms with Crippen molar-refractivity contribution in [3.8, 4) is 11.8 Å². The Balaban J connectivity index is 1.60. The van der Waals surface area contributed by atoms with E-state index in [1.807, 2.05) is 6.07 Å². The van der Waals surface area contributed by atoms with Crippen molar-refractivity contribution in [2.24, 2.45) is 0 Å². The summed E-state index contributed by atoms with van der Waals surface area (Å²) >= 11 is 0. The lowest BCUT2D eigenvalue weighted by Crippen LogP contribution is -2.30. The Bertz CT molecular complexity index is 1050. The summed E-state index contributed by atoms with van der Waals surface area (Å²) in [7, 11) is 0. The van der Waals surface area contributed by atoms with Crippen molar-refractivity contribution in [1.82, 2.24) is 0 Å². The van der Waals surface area contributed by atoms with Crippen molar-refractivity contribution in [1.29, 1.82) is 5.26 Å². The lowest BCUT2D eigenvalue weighted by Gasteiger charge is -2.15. The van der Waals surface area contributed by atoms with E-state index in [9.17, 15) is 14.0 Å². The van der Waals surface area contributed by atoms with Crippen molar-refractivity contribution in [2.75, 3.05) is 5.32 Å². The van der Waals surface area contributed by atoms with Gasteiger partial charge < -0.3 is 10.1 Å². The van der Waals surface area contributed by atoms with Gasteiger partial charge in [-0.1, -0.05) is 0 Å². The predicted octanol–water partition coefficient (Wildman–Crippen LogP) is 4.33. The van der Waals surface area contributed by atoms with Crippen LogP contribution in [0.2, 0.25) is 0 Å². The van der Waals surface area contributed by atoms with E-state index in [0.717, 1.165) is 0 Å². The molecule has 0 heterocycles. The van der Waals surface area contributed by atoms with Gasteiger partial charge in [0.2, 0.25) is 0 Å². The van der Waals surface area contributed by atoms with Gasteiger partial charge in [0.15, 0.2) is 11.9 Å². The molecule has 0 aromatic heterocycles. The number of nitriles is 1. The topological polar surface area (TPSA) is 79.2 Å². The van der Waals surface area contributed by atoms with Gasteiger partial charge in [0.1, 0.15) is 11.6 Å². The summed E-state index contributed by atoms with van der Waals surface area (Å²) in [5.74, 6) is -0.550. The Morgan fingerprint density at radius 3 is 2.03 bits per heavy atom. The second kappa shape index (κ2) is 8.81. The van der Waals surface area contributed by atoms with Gasteiger partial charge in [-0.25, -0.2) is 4.39 Å². The van der Waals surface area contributed by atoms with Crippen LogP contribution in [-0.2, 0) is 4.79 Å². The van der Waals surface area contributed by atoms with Crippen LogP contribution in [0.15, 0.2) is 72.8 Å². The molecule has 3 aromatic rings. The average molecular weight is 388 g/mol. The number of benzene rings is 3. The van der Waals surface area contributed by atoms with Crippen LogP contribution < -0.4 is 10.1 Å². The van der Waals surface area contributed by atoms with E-state index >= 15 is 0 Å². The molecule has 0 fully saturated rings. The minimum Gasteiger partial charge on any atom is -0.481 e. The zero-order valence-electron chi connectivity index (χ0n) is 15.6. The first kappa shape index (κ1) is 19.8. The number of carbonyl (C=O) groups is 2. The molecule has 5 nitrogen and oxygen atoms in total. The molecule has 3 rings (SSSR count). The highest BCUT2D eigenvalue weighted by molar-refractivity contribution is 6.09. The number of hydrogen-bond acceptors (Lipinski definition) is 4. The molecule has 0 spiro atoms. The van der Waals surface area contributed by atoms with Crippen LogP contribution in [0.25, 0.3) is 0 Å². The summed E-state index contributed by atoms with van der Waals surface area (Å²) in [5, 5.41) is 11.5. The molecule has 144 valence electrons. The highest BCUT2D eigenvalue weighted by Crippen LogP contribution is 2.18. The maximum atomic E-state index is 13.0. The van der Waals surface area contributed by atoms with E-state index in [4.69, 9.17) is 10.00 Å². The third-order valence-electron chi connectivity index (χ3n) is 4.19. The van der Waals surface area contributed by atoms with E-state index in [-0.39, 0.29) is 11.7 Å². The first-order valence-electron chi connectivity index (χ1n) is 8.84. The summed E-state index contributed by atoms with van der Waals surface area (Å²) in [6.45, 7) is 1.61. The van der Waals surface area contributed by atoms with E-state index < -0.39 is 11.9 Å². The normalized spacial score (nSPS) is 11.2. The van der Waals surface area contributed by atoms with Gasteiger partial charge in [0.25, 0.3) is 5.91 Å². The number of nitrogens with zero attached hydrogens (tertiary/aromatic N) is 1. The summed E-state index contributed by atoms with van der Waals surface area (Å²) in [5.41, 5.74) is 1.88. The first-order valence-corrected chi connectivity index (χ1v) is 8.84. The third-order valence-corrected chi connectivity index (χ3v) is 4.19. The Morgan fingerprint density at radius 2 is 1.48 bits per heavy atom. The van der Waals surface area contributed by atoms with Crippen LogP contribution in [0.1, 0.15) is 28.4 Å². The van der Waals surface area contributed by atoms with Gasteiger partial charge in [-0.2, -0.15) is 5.26 Å². The van der Waals surface area contributed by atoms with Crippen LogP contribution >= 0.6 is 0 Å². The number of hydrogen-bond donors (Lipinski definition) is 1. The number of carbonyl (C=O) groups excluding carboxylic acids is 2. The molecule has 0 aliphatic heterocycles. The van der Waals surface area contributed by atoms with E-state index in [2.05, 4.69) is 5.32 Å². The Hall–Kier alpha value is -3.98. The lowest BCUT2D eigenvalue weighted by molar-refractivity contribution is -0.122. The zero-order chi connectivity index (χ0) is 20.8. The Labute approximate surface area is 167 Å². The number of amides is 1. The van der Waals surface area contributed by atoms with Crippen molar-refractivity contribution < 1.29 is 18.7 Å². The second-order valence-corrected chi connectivity index (χ2v) is 6.30. The number of halogens is 1. The molecule has 0 saturated carbocycles. The monoisotopic (exact) mass is 388 g/mol. The SMILES string of the molecule is CC(Oc1ccc(C(=O)c2ccc(F)cc2)cc1)C(=O)Nc1ccc(C#N)cc1. The molecule has 0 aliphatic rings. The second-order valence-electron chi connectivity index (χ2n) is 6.30. The number of anilines is 1. The van der Waals surface area contributed by atoms with Crippen LogP contribution in [0.3, 0.4) is 0 Å². The third kappa shape index (κ3) is 5.05. The maximum absolute atomic E-state index is 13.0. The summed E-state index contributed by atoms with van der Waals surface area (Å²) in [4.78, 5) is 24.7. The van der Waals surface area contributed by atoms with Gasteiger partial charge in [-0.15, -0.1) is 0 Å². The molecule has 0 aliphatic carbocycles. The smallest absolute Gasteiger partial charge is 0.265 e. The van der Waals surface area contributed by atoms with Crippen molar-refractivity contribution in [3.05, 3.63) is 95.3 Å². The molecule has 0 saturated heterocycles. The molecule has 1 atom stereocenters. The van der Waals surface area contributed by atoms with Crippen LogP contribution in [0, 0.1) is 17.1 Å². The quantitative estimate of drug-likeness (QED) is 0.638. The van der Waals surface area contributed by atoms with Crippen LogP contribution in [-0.4, -0.2) is 17.8 Å². The van der Waals surface area contributed by atoms with Crippen molar-refractivity contribution in [3.63, 3.8) is 0 Å². The molecule has 6 heteroatoms. The average Bonchev–Trinajstić information content (AvgIpc) is 2.75. The van der Waals surface area contributed by atoms with Gasteiger partial charge in [0.05, 0.1) is 11.6 Å². The largest absolute Gasteiger partial charge is 0.481 e. The van der Waals surface area contributed by atoms with Crippen molar-refractivity contribution >= 4 is 17.4 Å². The zero-order valence-corrected chi connectivity index (χ0v) is 15.6. The fourth-order valence-corrected chi connectivity index (χ4v) is 2.58. The maximum Gasteiger partial charge on any atom is 0.265 e. The standard InChI is InChI=1S/C23H17FN2O3/c1-15(23(28)26-20-10-2-16(14-25)3-11-20)29-21-12-6-18(7-13-21)22(27)17-4-8-19(24)9-5-17/h2-13,15H,1H3,(H,26,28). The number of rotatable bonds is 6. The molecule has 1 N–H and O–H groups in total. The van der Waals surface area contributed by atoms with Gasteiger partial charge in [-0.3, -0.25) is 9.59 Å². The number of ether oxygens (including phenoxy) is 1. The van der Waals surface area contributed by atoms with Gasteiger partial charge in [0, 0.05) is 16.8 Å². The lowest BCUT2D eigenvalue weighted by atomic mass is 10.0. The summed E-state index contributed by atoms with van der Waals surface area (Å²) in [6.07, 6.45) is -0.774. The predicted molar refractivity (Wildman–Crippen MR) is 106 cm³/mol. The highest BCUT2D eigenvalue weighted by atomic mass is 19.1. The molecular formula is C23H17FN2O3.